The van der Waals surface area contributed by atoms with E-state index in [1.54, 1.807) is 38.1 Å². The van der Waals surface area contributed by atoms with Crippen molar-refractivity contribution in [1.82, 2.24) is 9.78 Å². The fourth-order valence-electron chi connectivity index (χ4n) is 2.26. The molecule has 1 aromatic carbocycles. The maximum Gasteiger partial charge on any atom is 0.328 e. The average molecular weight is 338 g/mol. The minimum atomic E-state index is -0.520. The number of rotatable bonds is 5. The van der Waals surface area contributed by atoms with Crippen molar-refractivity contribution >= 4 is 23.3 Å². The van der Waals surface area contributed by atoms with Gasteiger partial charge in [-0.1, -0.05) is 23.7 Å². The van der Waals surface area contributed by atoms with Crippen LogP contribution in [0.4, 0.5) is 5.69 Å². The topological polar surface area (TPSA) is 87.3 Å². The fraction of sp³-hybridized carbons (Fsp3) is 0.333. The molecule has 1 aromatic heterocycles. The SMILES string of the molecule is Cc1nn(CC(=O)OC(C)c2ccc(Cl)cc2)c(C)c1[N+](=O)[O-]. The highest BCUT2D eigenvalue weighted by Crippen LogP contribution is 2.23. The molecule has 1 atom stereocenters. The van der Waals surface area contributed by atoms with Gasteiger partial charge in [-0.05, 0) is 38.5 Å². The molecule has 122 valence electrons. The molecule has 0 fully saturated rings. The normalized spacial score (nSPS) is 12.0. The Morgan fingerprint density at radius 1 is 1.39 bits per heavy atom. The van der Waals surface area contributed by atoms with Crippen LogP contribution >= 0.6 is 11.6 Å². The number of hydrogen-bond acceptors (Lipinski definition) is 5. The zero-order chi connectivity index (χ0) is 17.1. The Kier molecular flexibility index (Phi) is 5.00. The number of benzene rings is 1. The number of carbonyl (C=O) groups is 1. The second-order valence-corrected chi connectivity index (χ2v) is 5.55. The van der Waals surface area contributed by atoms with Gasteiger partial charge in [-0.2, -0.15) is 5.10 Å². The lowest BCUT2D eigenvalue weighted by molar-refractivity contribution is -0.386. The van der Waals surface area contributed by atoms with Crippen molar-refractivity contribution in [3.8, 4) is 0 Å². The van der Waals surface area contributed by atoms with Gasteiger partial charge in [0.05, 0.1) is 4.92 Å². The van der Waals surface area contributed by atoms with Crippen LogP contribution in [0.3, 0.4) is 0 Å². The number of aromatic nitrogens is 2. The molecule has 7 nitrogen and oxygen atoms in total. The van der Waals surface area contributed by atoms with Gasteiger partial charge in [-0.15, -0.1) is 0 Å². The van der Waals surface area contributed by atoms with Crippen molar-refractivity contribution in [1.29, 1.82) is 0 Å². The second kappa shape index (κ2) is 6.78. The average Bonchev–Trinajstić information content (AvgIpc) is 2.73. The maximum absolute atomic E-state index is 12.0. The summed E-state index contributed by atoms with van der Waals surface area (Å²) in [4.78, 5) is 22.5. The molecule has 1 unspecified atom stereocenters. The van der Waals surface area contributed by atoms with Crippen molar-refractivity contribution < 1.29 is 14.5 Å². The summed E-state index contributed by atoms with van der Waals surface area (Å²) in [6, 6.07) is 6.97. The van der Waals surface area contributed by atoms with Gasteiger partial charge in [0.25, 0.3) is 0 Å². The molecule has 8 heteroatoms. The van der Waals surface area contributed by atoms with E-state index in [1.807, 2.05) is 0 Å². The molecule has 0 aliphatic carbocycles. The Morgan fingerprint density at radius 3 is 2.52 bits per heavy atom. The summed E-state index contributed by atoms with van der Waals surface area (Å²) in [5, 5.41) is 15.6. The highest BCUT2D eigenvalue weighted by atomic mass is 35.5. The number of esters is 1. The largest absolute Gasteiger partial charge is 0.456 e. The molecule has 0 radical (unpaired) electrons. The molecule has 1 heterocycles. The van der Waals surface area contributed by atoms with E-state index in [9.17, 15) is 14.9 Å². The van der Waals surface area contributed by atoms with Gasteiger partial charge in [-0.25, -0.2) is 0 Å². The molecule has 0 bridgehead atoms. The number of hydrogen-bond donors (Lipinski definition) is 0. The van der Waals surface area contributed by atoms with Crippen molar-refractivity contribution in [2.75, 3.05) is 0 Å². The van der Waals surface area contributed by atoms with E-state index >= 15 is 0 Å². The lowest BCUT2D eigenvalue weighted by Gasteiger charge is -2.14. The zero-order valence-electron chi connectivity index (χ0n) is 12.9. The molecule has 0 N–H and O–H groups in total. The standard InChI is InChI=1S/C15H16ClN3O4/c1-9-15(19(21)22)10(2)18(17-9)8-14(20)23-11(3)12-4-6-13(16)7-5-12/h4-7,11H,8H2,1-3H3. The van der Waals surface area contributed by atoms with Gasteiger partial charge in [0.1, 0.15) is 24.0 Å². The summed E-state index contributed by atoms with van der Waals surface area (Å²) < 4.78 is 6.61. The third-order valence-corrected chi connectivity index (χ3v) is 3.70. The summed E-state index contributed by atoms with van der Waals surface area (Å²) in [5.74, 6) is -0.520. The van der Waals surface area contributed by atoms with E-state index in [0.717, 1.165) is 5.56 Å². The van der Waals surface area contributed by atoms with Crippen molar-refractivity contribution in [3.63, 3.8) is 0 Å². The molecule has 0 saturated heterocycles. The molecule has 2 aromatic rings. The van der Waals surface area contributed by atoms with Gasteiger partial charge in [0.15, 0.2) is 0 Å². The zero-order valence-corrected chi connectivity index (χ0v) is 13.7. The van der Waals surface area contributed by atoms with Gasteiger partial charge in [0, 0.05) is 5.02 Å². The summed E-state index contributed by atoms with van der Waals surface area (Å²) in [6.07, 6.45) is -0.452. The first-order valence-electron chi connectivity index (χ1n) is 6.93. The fourth-order valence-corrected chi connectivity index (χ4v) is 2.39. The summed E-state index contributed by atoms with van der Waals surface area (Å²) >= 11 is 5.82. The first-order chi connectivity index (χ1) is 10.8. The highest BCUT2D eigenvalue weighted by molar-refractivity contribution is 6.30. The Balaban J connectivity index is 2.06. The first kappa shape index (κ1) is 17.0. The van der Waals surface area contributed by atoms with Gasteiger partial charge < -0.3 is 4.74 Å². The Morgan fingerprint density at radius 2 is 2.00 bits per heavy atom. The van der Waals surface area contributed by atoms with E-state index in [4.69, 9.17) is 16.3 Å². The maximum atomic E-state index is 12.0. The monoisotopic (exact) mass is 337 g/mol. The molecule has 0 aliphatic heterocycles. The predicted molar refractivity (Wildman–Crippen MR) is 84.3 cm³/mol. The van der Waals surface area contributed by atoms with E-state index in [1.165, 1.54) is 11.6 Å². The van der Waals surface area contributed by atoms with Crippen LogP contribution in [0.25, 0.3) is 0 Å². The Labute approximate surface area is 138 Å². The van der Waals surface area contributed by atoms with Gasteiger partial charge >= 0.3 is 11.7 Å². The number of nitro groups is 1. The molecule has 0 amide bonds. The second-order valence-electron chi connectivity index (χ2n) is 5.12. The number of carbonyl (C=O) groups excluding carboxylic acids is 1. The first-order valence-corrected chi connectivity index (χ1v) is 7.30. The molecular weight excluding hydrogens is 322 g/mol. The van der Waals surface area contributed by atoms with Crippen LogP contribution < -0.4 is 0 Å². The van der Waals surface area contributed by atoms with Crippen LogP contribution in [0.2, 0.25) is 5.02 Å². The molecule has 23 heavy (non-hydrogen) atoms. The Bertz CT molecular complexity index is 740. The van der Waals surface area contributed by atoms with E-state index in [-0.39, 0.29) is 17.9 Å². The van der Waals surface area contributed by atoms with Crippen molar-refractivity contribution in [3.05, 3.63) is 56.4 Å². The summed E-state index contributed by atoms with van der Waals surface area (Å²) in [5.41, 5.74) is 1.32. The number of ether oxygens (including phenoxy) is 1. The van der Waals surface area contributed by atoms with Crippen LogP contribution in [0.1, 0.15) is 30.0 Å². The highest BCUT2D eigenvalue weighted by Gasteiger charge is 2.23. The number of aryl methyl sites for hydroxylation is 1. The quantitative estimate of drug-likeness (QED) is 0.474. The van der Waals surface area contributed by atoms with Gasteiger partial charge in [-0.3, -0.25) is 19.6 Å². The van der Waals surface area contributed by atoms with Gasteiger partial charge in [0.2, 0.25) is 0 Å². The number of halogens is 1. The molecule has 2 rings (SSSR count). The third-order valence-electron chi connectivity index (χ3n) is 3.45. The predicted octanol–water partition coefficient (Wildman–Crippen LogP) is 3.37. The van der Waals surface area contributed by atoms with Crippen LogP contribution in [0, 0.1) is 24.0 Å². The minimum Gasteiger partial charge on any atom is -0.456 e. The van der Waals surface area contributed by atoms with E-state index in [0.29, 0.717) is 10.7 Å². The lowest BCUT2D eigenvalue weighted by Crippen LogP contribution is -2.17. The molecule has 0 spiro atoms. The smallest absolute Gasteiger partial charge is 0.328 e. The molecule has 0 aliphatic rings. The van der Waals surface area contributed by atoms with Crippen LogP contribution in [-0.4, -0.2) is 20.7 Å². The lowest BCUT2D eigenvalue weighted by atomic mass is 10.1. The Hall–Kier alpha value is -2.41. The van der Waals surface area contributed by atoms with Crippen LogP contribution in [-0.2, 0) is 16.1 Å². The van der Waals surface area contributed by atoms with Crippen molar-refractivity contribution in [2.45, 2.75) is 33.4 Å². The van der Waals surface area contributed by atoms with E-state index < -0.39 is 17.0 Å². The molecular formula is C15H16ClN3O4. The molecule has 0 saturated carbocycles. The summed E-state index contributed by atoms with van der Waals surface area (Å²) in [6.45, 7) is 4.64. The summed E-state index contributed by atoms with van der Waals surface area (Å²) in [7, 11) is 0. The minimum absolute atomic E-state index is 0.0800. The van der Waals surface area contributed by atoms with Crippen LogP contribution in [0.5, 0.6) is 0 Å². The van der Waals surface area contributed by atoms with Crippen LogP contribution in [0.15, 0.2) is 24.3 Å². The number of nitrogens with zero attached hydrogens (tertiary/aromatic N) is 3. The third kappa shape index (κ3) is 3.87. The van der Waals surface area contributed by atoms with E-state index in [2.05, 4.69) is 5.10 Å². The van der Waals surface area contributed by atoms with Crippen molar-refractivity contribution in [2.24, 2.45) is 0 Å².